The Bertz CT molecular complexity index is 1130. The van der Waals surface area contributed by atoms with Gasteiger partial charge >= 0.3 is 0 Å². The van der Waals surface area contributed by atoms with E-state index in [1.165, 1.54) is 0 Å². The summed E-state index contributed by atoms with van der Waals surface area (Å²) in [7, 11) is 0. The molecule has 0 bridgehead atoms. The zero-order valence-electron chi connectivity index (χ0n) is 15.7. The normalized spacial score (nSPS) is 12.0. The van der Waals surface area contributed by atoms with Crippen molar-refractivity contribution in [3.63, 3.8) is 0 Å². The summed E-state index contributed by atoms with van der Waals surface area (Å²) >= 11 is 0. The minimum atomic E-state index is -0.536. The molecular formula is C25H21NO2. The number of para-hydroxylation sites is 1. The Kier molecular flexibility index (Phi) is 4.90. The molecule has 28 heavy (non-hydrogen) atoms. The van der Waals surface area contributed by atoms with Gasteiger partial charge in [-0.25, -0.2) is 0 Å². The van der Waals surface area contributed by atoms with Gasteiger partial charge in [-0.05, 0) is 18.1 Å². The second-order valence-corrected chi connectivity index (χ2v) is 7.02. The fraction of sp³-hybridized carbons (Fsp3) is 0.120. The quantitative estimate of drug-likeness (QED) is 0.443. The first-order chi connectivity index (χ1) is 13.6. The molecule has 0 aliphatic carbocycles. The first kappa shape index (κ1) is 17.9. The lowest BCUT2D eigenvalue weighted by Gasteiger charge is -2.15. The van der Waals surface area contributed by atoms with Crippen molar-refractivity contribution in [1.82, 2.24) is 4.98 Å². The molecular weight excluding hydrogens is 346 g/mol. The molecule has 0 spiro atoms. The van der Waals surface area contributed by atoms with E-state index in [-0.39, 0.29) is 18.0 Å². The zero-order chi connectivity index (χ0) is 19.5. The molecule has 1 unspecified atom stereocenters. The van der Waals surface area contributed by atoms with E-state index in [0.29, 0.717) is 11.1 Å². The van der Waals surface area contributed by atoms with Crippen LogP contribution in [0.15, 0.2) is 85.1 Å². The molecule has 1 atom stereocenters. The predicted molar refractivity (Wildman–Crippen MR) is 112 cm³/mol. The van der Waals surface area contributed by atoms with E-state index < -0.39 is 5.92 Å². The second kappa shape index (κ2) is 7.65. The summed E-state index contributed by atoms with van der Waals surface area (Å²) in [4.78, 5) is 29.6. The first-order valence-electron chi connectivity index (χ1n) is 9.39. The third-order valence-corrected chi connectivity index (χ3v) is 5.19. The number of nitrogens with one attached hydrogen (secondary N) is 1. The number of aromatic nitrogens is 1. The number of H-pyrrole nitrogens is 1. The lowest BCUT2D eigenvalue weighted by molar-refractivity contribution is 0.0894. The van der Waals surface area contributed by atoms with E-state index in [1.54, 1.807) is 12.1 Å². The third-order valence-electron chi connectivity index (χ3n) is 5.19. The van der Waals surface area contributed by atoms with Gasteiger partial charge in [-0.3, -0.25) is 9.59 Å². The van der Waals surface area contributed by atoms with E-state index in [2.05, 4.69) is 4.98 Å². The molecule has 1 heterocycles. The summed E-state index contributed by atoms with van der Waals surface area (Å²) < 4.78 is 0. The Morgan fingerprint density at radius 3 is 2.14 bits per heavy atom. The van der Waals surface area contributed by atoms with Crippen molar-refractivity contribution in [3.8, 4) is 0 Å². The van der Waals surface area contributed by atoms with Gasteiger partial charge in [0.05, 0.1) is 5.92 Å². The molecule has 138 valence electrons. The summed E-state index contributed by atoms with van der Waals surface area (Å²) in [5.41, 5.74) is 4.25. The van der Waals surface area contributed by atoms with Crippen molar-refractivity contribution in [2.75, 3.05) is 0 Å². The largest absolute Gasteiger partial charge is 0.361 e. The maximum absolute atomic E-state index is 13.4. The van der Waals surface area contributed by atoms with Crippen LogP contribution in [0.1, 0.15) is 44.2 Å². The van der Waals surface area contributed by atoms with E-state index >= 15 is 0 Å². The third kappa shape index (κ3) is 3.39. The number of hydrogen-bond acceptors (Lipinski definition) is 2. The molecule has 0 saturated carbocycles. The van der Waals surface area contributed by atoms with Gasteiger partial charge < -0.3 is 4.98 Å². The smallest absolute Gasteiger partial charge is 0.170 e. The van der Waals surface area contributed by atoms with E-state index in [4.69, 9.17) is 0 Å². The number of ketones is 2. The Morgan fingerprint density at radius 2 is 1.46 bits per heavy atom. The van der Waals surface area contributed by atoms with Gasteiger partial charge in [-0.1, -0.05) is 78.9 Å². The highest BCUT2D eigenvalue weighted by Crippen LogP contribution is 2.33. The number of Topliss-reactive ketones (excluding diaryl/α,β-unsaturated/α-hetero) is 2. The van der Waals surface area contributed by atoms with Crippen LogP contribution in [0.2, 0.25) is 0 Å². The van der Waals surface area contributed by atoms with Crippen LogP contribution in [-0.4, -0.2) is 16.6 Å². The Balaban J connectivity index is 1.78. The molecule has 0 saturated heterocycles. The number of rotatable bonds is 6. The van der Waals surface area contributed by atoms with Crippen molar-refractivity contribution in [2.45, 2.75) is 19.3 Å². The van der Waals surface area contributed by atoms with Gasteiger partial charge in [0, 0.05) is 34.6 Å². The van der Waals surface area contributed by atoms with Crippen molar-refractivity contribution in [1.29, 1.82) is 0 Å². The maximum Gasteiger partial charge on any atom is 0.170 e. The predicted octanol–water partition coefficient (Wildman–Crippen LogP) is 5.72. The number of hydrogen-bond donors (Lipinski definition) is 1. The van der Waals surface area contributed by atoms with Gasteiger partial charge in [0.2, 0.25) is 0 Å². The number of aryl methyl sites for hydroxylation is 1. The van der Waals surface area contributed by atoms with Crippen LogP contribution in [0.25, 0.3) is 10.9 Å². The van der Waals surface area contributed by atoms with Crippen LogP contribution in [0.5, 0.6) is 0 Å². The molecule has 0 radical (unpaired) electrons. The molecule has 4 aromatic rings. The summed E-state index contributed by atoms with van der Waals surface area (Å²) in [6.45, 7) is 2.03. The zero-order valence-corrected chi connectivity index (χ0v) is 15.7. The van der Waals surface area contributed by atoms with Gasteiger partial charge in [0.1, 0.15) is 0 Å². The molecule has 0 aliphatic heterocycles. The number of carbonyl (C=O) groups excluding carboxylic acids is 2. The summed E-state index contributed by atoms with van der Waals surface area (Å²) in [6, 6.07) is 24.4. The van der Waals surface area contributed by atoms with E-state index in [1.807, 2.05) is 79.9 Å². The first-order valence-corrected chi connectivity index (χ1v) is 9.39. The highest BCUT2D eigenvalue weighted by atomic mass is 16.1. The lowest BCUT2D eigenvalue weighted by Crippen LogP contribution is -2.17. The summed E-state index contributed by atoms with van der Waals surface area (Å²) in [5, 5.41) is 0.996. The fourth-order valence-corrected chi connectivity index (χ4v) is 3.69. The van der Waals surface area contributed by atoms with Crippen LogP contribution in [0, 0.1) is 6.92 Å². The fourth-order valence-electron chi connectivity index (χ4n) is 3.69. The lowest BCUT2D eigenvalue weighted by atomic mass is 9.85. The van der Waals surface area contributed by atoms with Gasteiger partial charge in [0.15, 0.2) is 11.6 Å². The Morgan fingerprint density at radius 1 is 0.821 bits per heavy atom. The molecule has 1 aromatic heterocycles. The van der Waals surface area contributed by atoms with Crippen molar-refractivity contribution in [2.24, 2.45) is 0 Å². The molecule has 4 rings (SSSR count). The molecule has 3 nitrogen and oxygen atoms in total. The van der Waals surface area contributed by atoms with Crippen LogP contribution in [0.4, 0.5) is 0 Å². The van der Waals surface area contributed by atoms with Crippen molar-refractivity contribution < 1.29 is 9.59 Å². The standard InChI is InChI=1S/C25H21NO2/c1-17-9-8-14-20-22(16-26-24(17)20)21(25(28)19-12-6-3-7-13-19)15-23(27)18-10-4-2-5-11-18/h2-14,16,21,26H,15H2,1H3. The number of aromatic amines is 1. The molecule has 1 N–H and O–H groups in total. The number of benzene rings is 3. The Labute approximate surface area is 164 Å². The second-order valence-electron chi connectivity index (χ2n) is 7.02. The molecule has 0 aliphatic rings. The van der Waals surface area contributed by atoms with Crippen molar-refractivity contribution >= 4 is 22.5 Å². The molecule has 3 aromatic carbocycles. The topological polar surface area (TPSA) is 49.9 Å². The van der Waals surface area contributed by atoms with Crippen LogP contribution < -0.4 is 0 Å². The van der Waals surface area contributed by atoms with Gasteiger partial charge in [-0.15, -0.1) is 0 Å². The highest BCUT2D eigenvalue weighted by molar-refractivity contribution is 6.08. The minimum absolute atomic E-state index is 0.0307. The maximum atomic E-state index is 13.4. The number of fused-ring (bicyclic) bond motifs is 1. The van der Waals surface area contributed by atoms with Crippen LogP contribution in [-0.2, 0) is 0 Å². The van der Waals surface area contributed by atoms with Crippen molar-refractivity contribution in [3.05, 3.63) is 107 Å². The average molecular weight is 367 g/mol. The van der Waals surface area contributed by atoms with E-state index in [9.17, 15) is 9.59 Å². The minimum Gasteiger partial charge on any atom is -0.361 e. The van der Waals surface area contributed by atoms with Gasteiger partial charge in [-0.2, -0.15) is 0 Å². The van der Waals surface area contributed by atoms with Crippen LogP contribution >= 0.6 is 0 Å². The number of carbonyl (C=O) groups is 2. The monoisotopic (exact) mass is 367 g/mol. The summed E-state index contributed by atoms with van der Waals surface area (Å²) in [6.07, 6.45) is 2.01. The average Bonchev–Trinajstić information content (AvgIpc) is 3.18. The highest BCUT2D eigenvalue weighted by Gasteiger charge is 2.27. The SMILES string of the molecule is Cc1cccc2c(C(CC(=O)c3ccccc3)C(=O)c3ccccc3)c[nH]c12. The van der Waals surface area contributed by atoms with Gasteiger partial charge in [0.25, 0.3) is 0 Å². The summed E-state index contributed by atoms with van der Waals surface area (Å²) in [5.74, 6) is -0.602. The van der Waals surface area contributed by atoms with E-state index in [0.717, 1.165) is 22.0 Å². The molecule has 3 heteroatoms. The molecule has 0 amide bonds. The Hall–Kier alpha value is -3.46. The van der Waals surface area contributed by atoms with Crippen LogP contribution in [0.3, 0.4) is 0 Å². The molecule has 0 fully saturated rings.